The van der Waals surface area contributed by atoms with Gasteiger partial charge in [0.25, 0.3) is 0 Å². The van der Waals surface area contributed by atoms with E-state index in [-0.39, 0.29) is 23.2 Å². The van der Waals surface area contributed by atoms with Crippen molar-refractivity contribution in [2.75, 3.05) is 21.7 Å². The van der Waals surface area contributed by atoms with Gasteiger partial charge in [0.05, 0.1) is 11.2 Å². The van der Waals surface area contributed by atoms with Gasteiger partial charge in [-0.05, 0) is 54.6 Å². The number of carbonyl (C=O) groups is 2. The first-order chi connectivity index (χ1) is 18.4. The fourth-order valence-electron chi connectivity index (χ4n) is 3.74. The minimum absolute atomic E-state index is 0.0320. The molecule has 2 aromatic carbocycles. The van der Waals surface area contributed by atoms with Gasteiger partial charge < -0.3 is 21.7 Å². The van der Waals surface area contributed by atoms with E-state index in [1.807, 2.05) is 18.2 Å². The van der Waals surface area contributed by atoms with Crippen molar-refractivity contribution in [2.24, 2.45) is 0 Å². The molecule has 0 unspecified atom stereocenters. The van der Waals surface area contributed by atoms with Crippen LogP contribution >= 0.6 is 0 Å². The molecule has 0 bridgehead atoms. The van der Waals surface area contributed by atoms with Gasteiger partial charge in [-0.1, -0.05) is 6.07 Å². The molecule has 3 amide bonds. The van der Waals surface area contributed by atoms with E-state index >= 15 is 0 Å². The lowest BCUT2D eigenvalue weighted by Gasteiger charge is -2.11. The zero-order valence-electron chi connectivity index (χ0n) is 20.1. The highest BCUT2D eigenvalue weighted by molar-refractivity contribution is 6.00. The summed E-state index contributed by atoms with van der Waals surface area (Å²) in [7, 11) is 0. The molecule has 0 spiro atoms. The summed E-state index contributed by atoms with van der Waals surface area (Å²) in [4.78, 5) is 40.8. The topological polar surface area (TPSA) is 148 Å². The second kappa shape index (κ2) is 10.3. The average Bonchev–Trinajstić information content (AvgIpc) is 2.91. The van der Waals surface area contributed by atoms with Crippen molar-refractivity contribution in [1.29, 1.82) is 0 Å². The number of nitrogens with zero attached hydrogens (tertiary/aromatic N) is 4. The molecular formula is C27H21FN8O2. The van der Waals surface area contributed by atoms with Crippen LogP contribution in [0.1, 0.15) is 6.92 Å². The van der Waals surface area contributed by atoms with Crippen LogP contribution in [0.25, 0.3) is 33.5 Å². The lowest BCUT2D eigenvalue weighted by molar-refractivity contribution is -0.114. The van der Waals surface area contributed by atoms with Gasteiger partial charge in [0.1, 0.15) is 11.3 Å². The summed E-state index contributed by atoms with van der Waals surface area (Å²) in [5, 5.41) is 7.72. The first-order valence-corrected chi connectivity index (χ1v) is 11.4. The summed E-state index contributed by atoms with van der Waals surface area (Å²) in [5.41, 5.74) is 10.1. The zero-order chi connectivity index (χ0) is 26.6. The number of carbonyl (C=O) groups excluding carboxylic acids is 2. The molecule has 0 saturated carbocycles. The summed E-state index contributed by atoms with van der Waals surface area (Å²) >= 11 is 0. The fourth-order valence-corrected chi connectivity index (χ4v) is 3.74. The number of hydrogen-bond acceptors (Lipinski definition) is 7. The number of nitrogens with one attached hydrogen (secondary N) is 3. The zero-order valence-corrected chi connectivity index (χ0v) is 20.1. The van der Waals surface area contributed by atoms with E-state index in [1.165, 1.54) is 19.1 Å². The van der Waals surface area contributed by atoms with Crippen LogP contribution in [0, 0.1) is 5.82 Å². The van der Waals surface area contributed by atoms with Gasteiger partial charge in [0.15, 0.2) is 11.6 Å². The molecule has 38 heavy (non-hydrogen) atoms. The Morgan fingerprint density at radius 3 is 2.29 bits per heavy atom. The van der Waals surface area contributed by atoms with E-state index in [2.05, 4.69) is 35.9 Å². The number of aromatic nitrogens is 4. The summed E-state index contributed by atoms with van der Waals surface area (Å²) < 4.78 is 14.9. The molecule has 3 aromatic heterocycles. The molecule has 10 nitrogen and oxygen atoms in total. The second-order valence-corrected chi connectivity index (χ2v) is 8.30. The monoisotopic (exact) mass is 508 g/mol. The van der Waals surface area contributed by atoms with E-state index in [4.69, 9.17) is 5.73 Å². The Hall–Kier alpha value is -5.45. The van der Waals surface area contributed by atoms with Gasteiger partial charge in [-0.3, -0.25) is 14.8 Å². The second-order valence-electron chi connectivity index (χ2n) is 8.30. The molecule has 0 aliphatic heterocycles. The first kappa shape index (κ1) is 24.3. The van der Waals surface area contributed by atoms with Gasteiger partial charge in [-0.25, -0.2) is 19.2 Å². The highest BCUT2D eigenvalue weighted by Gasteiger charge is 2.14. The number of urea groups is 1. The van der Waals surface area contributed by atoms with Crippen molar-refractivity contribution >= 4 is 45.9 Å². The van der Waals surface area contributed by atoms with Gasteiger partial charge in [0.2, 0.25) is 5.91 Å². The molecule has 5 N–H and O–H groups in total. The van der Waals surface area contributed by atoms with Crippen molar-refractivity contribution < 1.29 is 14.0 Å². The third-order valence-corrected chi connectivity index (χ3v) is 5.50. The van der Waals surface area contributed by atoms with Crippen LogP contribution in [0.3, 0.4) is 0 Å². The van der Waals surface area contributed by atoms with Crippen LogP contribution in [-0.4, -0.2) is 31.9 Å². The smallest absolute Gasteiger partial charge is 0.323 e. The summed E-state index contributed by atoms with van der Waals surface area (Å²) in [6.45, 7) is 1.40. The van der Waals surface area contributed by atoms with E-state index in [0.29, 0.717) is 28.0 Å². The molecule has 11 heteroatoms. The number of nitrogens with two attached hydrogens (primary N) is 1. The predicted molar refractivity (Wildman–Crippen MR) is 144 cm³/mol. The van der Waals surface area contributed by atoms with Gasteiger partial charge >= 0.3 is 6.03 Å². The molecule has 0 atom stereocenters. The third-order valence-electron chi connectivity index (χ3n) is 5.50. The Bertz CT molecular complexity index is 1660. The largest absolute Gasteiger partial charge is 0.382 e. The molecule has 5 rings (SSSR count). The van der Waals surface area contributed by atoms with Gasteiger partial charge in [-0.2, -0.15) is 0 Å². The van der Waals surface area contributed by atoms with Crippen LogP contribution in [-0.2, 0) is 4.79 Å². The molecule has 3 heterocycles. The molecule has 0 saturated heterocycles. The summed E-state index contributed by atoms with van der Waals surface area (Å²) in [5.74, 6) is -0.503. The standard InChI is InChI=1S/C27H21FN8O2/c1-15(37)32-19-5-7-20(8-6-19)33-27(38)35-22-9-4-16(11-21(22)28)26-34-23-12-18(17-3-2-10-30-13-17)14-31-24(23)25(29)36-26/h2-14H,1H3,(H,32,37)(H2,29,34,36)(H2,33,35,38). The number of rotatable bonds is 5. The minimum Gasteiger partial charge on any atom is -0.382 e. The number of halogens is 1. The van der Waals surface area contributed by atoms with E-state index in [1.54, 1.807) is 48.9 Å². The maximum atomic E-state index is 14.9. The molecular weight excluding hydrogens is 487 g/mol. The Kier molecular flexibility index (Phi) is 6.55. The highest BCUT2D eigenvalue weighted by atomic mass is 19.1. The number of amides is 3. The maximum Gasteiger partial charge on any atom is 0.323 e. The highest BCUT2D eigenvalue weighted by Crippen LogP contribution is 2.28. The van der Waals surface area contributed by atoms with Crippen LogP contribution in [0.15, 0.2) is 79.3 Å². The van der Waals surface area contributed by atoms with Crippen LogP contribution < -0.4 is 21.7 Å². The number of nitrogen functional groups attached to an aromatic ring is 1. The predicted octanol–water partition coefficient (Wildman–Crippen LogP) is 5.08. The van der Waals surface area contributed by atoms with Gasteiger partial charge in [0, 0.05) is 53.6 Å². The molecule has 188 valence electrons. The van der Waals surface area contributed by atoms with Crippen molar-refractivity contribution in [1.82, 2.24) is 19.9 Å². The van der Waals surface area contributed by atoms with Crippen molar-refractivity contribution in [3.63, 3.8) is 0 Å². The van der Waals surface area contributed by atoms with Crippen molar-refractivity contribution in [2.45, 2.75) is 6.92 Å². The lowest BCUT2D eigenvalue weighted by atomic mass is 10.1. The SMILES string of the molecule is CC(=O)Nc1ccc(NC(=O)Nc2ccc(-c3nc(N)c4ncc(-c5cccnc5)cc4n3)cc2F)cc1. The van der Waals surface area contributed by atoms with Crippen molar-refractivity contribution in [3.8, 4) is 22.5 Å². The number of anilines is 4. The minimum atomic E-state index is -0.678. The van der Waals surface area contributed by atoms with E-state index in [0.717, 1.165) is 11.1 Å². The third kappa shape index (κ3) is 5.36. The molecule has 0 fully saturated rings. The number of fused-ring (bicyclic) bond motifs is 1. The Labute approximate surface area is 216 Å². The molecule has 0 radical (unpaired) electrons. The van der Waals surface area contributed by atoms with Gasteiger partial charge in [-0.15, -0.1) is 0 Å². The quantitative estimate of drug-likeness (QED) is 0.259. The van der Waals surface area contributed by atoms with Crippen LogP contribution in [0.2, 0.25) is 0 Å². The first-order valence-electron chi connectivity index (χ1n) is 11.4. The Morgan fingerprint density at radius 1 is 0.842 bits per heavy atom. The molecule has 5 aromatic rings. The van der Waals surface area contributed by atoms with E-state index < -0.39 is 11.8 Å². The summed E-state index contributed by atoms with van der Waals surface area (Å²) in [6.07, 6.45) is 5.06. The molecule has 0 aliphatic carbocycles. The number of benzene rings is 2. The Balaban J connectivity index is 1.34. The van der Waals surface area contributed by atoms with Crippen molar-refractivity contribution in [3.05, 3.63) is 85.1 Å². The number of pyridine rings is 2. The summed E-state index contributed by atoms with van der Waals surface area (Å²) in [6, 6.07) is 15.6. The Morgan fingerprint density at radius 2 is 1.61 bits per heavy atom. The number of hydrogen-bond donors (Lipinski definition) is 4. The average molecular weight is 509 g/mol. The lowest BCUT2D eigenvalue weighted by Crippen LogP contribution is -2.20. The van der Waals surface area contributed by atoms with Crippen LogP contribution in [0.5, 0.6) is 0 Å². The fraction of sp³-hybridized carbons (Fsp3) is 0.0370. The normalized spacial score (nSPS) is 10.7. The van der Waals surface area contributed by atoms with Crippen LogP contribution in [0.4, 0.5) is 32.1 Å². The maximum absolute atomic E-state index is 14.9. The van der Waals surface area contributed by atoms with E-state index in [9.17, 15) is 14.0 Å². The molecule has 0 aliphatic rings.